The summed E-state index contributed by atoms with van der Waals surface area (Å²) in [6.45, 7) is 1.87. The summed E-state index contributed by atoms with van der Waals surface area (Å²) in [5.74, 6) is 0.0208. The Morgan fingerprint density at radius 1 is 1.64 bits per heavy atom. The summed E-state index contributed by atoms with van der Waals surface area (Å²) in [4.78, 5) is 12.8. The molecule has 1 atom stereocenters. The lowest BCUT2D eigenvalue weighted by Gasteiger charge is -2.28. The fraction of sp³-hybridized carbons (Fsp3) is 0.286. The largest absolute Gasteiger partial charge is 0.353 e. The molecule has 0 saturated carbocycles. The number of fused-ring (bicyclic) bond motifs is 1. The summed E-state index contributed by atoms with van der Waals surface area (Å²) in [7, 11) is 0. The molecule has 0 fully saturated rings. The van der Waals surface area contributed by atoms with Crippen molar-refractivity contribution in [2.24, 2.45) is 0 Å². The van der Waals surface area contributed by atoms with E-state index in [1.54, 1.807) is 23.4 Å². The molecule has 2 aliphatic rings. The van der Waals surface area contributed by atoms with Gasteiger partial charge in [-0.3, -0.25) is 9.69 Å². The van der Waals surface area contributed by atoms with Gasteiger partial charge < -0.3 is 10.6 Å². The van der Waals surface area contributed by atoms with E-state index >= 15 is 0 Å². The SMILES string of the molecule is CC1=CC(=O)N2C=CNC2N1. The normalized spacial score (nSPS) is 27.4. The molecule has 4 heteroatoms. The molecular formula is C7H9N3O. The van der Waals surface area contributed by atoms with Crippen LogP contribution in [-0.4, -0.2) is 17.1 Å². The number of rotatable bonds is 0. The molecule has 2 aliphatic heterocycles. The van der Waals surface area contributed by atoms with E-state index in [0.29, 0.717) is 0 Å². The Morgan fingerprint density at radius 3 is 3.27 bits per heavy atom. The van der Waals surface area contributed by atoms with Crippen molar-refractivity contribution in [3.05, 3.63) is 24.2 Å². The monoisotopic (exact) mass is 151 g/mol. The second-order valence-electron chi connectivity index (χ2n) is 2.60. The number of allylic oxidation sites excluding steroid dienone is 1. The molecule has 4 nitrogen and oxygen atoms in total. The predicted molar refractivity (Wildman–Crippen MR) is 39.8 cm³/mol. The first-order valence-corrected chi connectivity index (χ1v) is 3.47. The first kappa shape index (κ1) is 6.27. The van der Waals surface area contributed by atoms with Gasteiger partial charge in [0.25, 0.3) is 5.91 Å². The topological polar surface area (TPSA) is 44.4 Å². The van der Waals surface area contributed by atoms with Crippen molar-refractivity contribution >= 4 is 5.91 Å². The standard InChI is InChI=1S/C7H9N3O/c1-5-4-6(11)10-3-2-8-7(10)9-5/h2-4,7-9H,1H3. The van der Waals surface area contributed by atoms with Gasteiger partial charge in [-0.25, -0.2) is 0 Å². The Labute approximate surface area is 64.6 Å². The zero-order valence-corrected chi connectivity index (χ0v) is 6.16. The van der Waals surface area contributed by atoms with Gasteiger partial charge in [-0.1, -0.05) is 0 Å². The fourth-order valence-electron chi connectivity index (χ4n) is 1.21. The van der Waals surface area contributed by atoms with E-state index in [9.17, 15) is 4.79 Å². The third-order valence-corrected chi connectivity index (χ3v) is 1.73. The molecule has 0 radical (unpaired) electrons. The zero-order chi connectivity index (χ0) is 7.84. The van der Waals surface area contributed by atoms with E-state index in [0.717, 1.165) is 5.70 Å². The van der Waals surface area contributed by atoms with E-state index in [2.05, 4.69) is 10.6 Å². The minimum Gasteiger partial charge on any atom is -0.353 e. The van der Waals surface area contributed by atoms with E-state index in [-0.39, 0.29) is 12.2 Å². The number of carbonyl (C=O) groups is 1. The maximum absolute atomic E-state index is 11.2. The highest BCUT2D eigenvalue weighted by atomic mass is 16.2. The molecule has 2 rings (SSSR count). The quantitative estimate of drug-likeness (QED) is 0.498. The fourth-order valence-corrected chi connectivity index (χ4v) is 1.21. The maximum Gasteiger partial charge on any atom is 0.255 e. The molecule has 2 heterocycles. The average molecular weight is 151 g/mol. The Bertz CT molecular complexity index is 256. The summed E-state index contributed by atoms with van der Waals surface area (Å²) in [6.07, 6.45) is 4.98. The molecule has 0 aliphatic carbocycles. The molecule has 0 saturated heterocycles. The molecule has 0 spiro atoms. The van der Waals surface area contributed by atoms with E-state index in [4.69, 9.17) is 0 Å². The lowest BCUT2D eigenvalue weighted by Crippen LogP contribution is -2.51. The number of hydrogen-bond donors (Lipinski definition) is 2. The van der Waals surface area contributed by atoms with Crippen LogP contribution in [0.15, 0.2) is 24.2 Å². The van der Waals surface area contributed by atoms with Gasteiger partial charge in [-0.15, -0.1) is 0 Å². The number of nitrogens with zero attached hydrogens (tertiary/aromatic N) is 1. The highest BCUT2D eigenvalue weighted by molar-refractivity contribution is 5.90. The first-order valence-electron chi connectivity index (χ1n) is 3.47. The van der Waals surface area contributed by atoms with Crippen molar-refractivity contribution in [1.29, 1.82) is 0 Å². The highest BCUT2D eigenvalue weighted by Crippen LogP contribution is 2.10. The minimum absolute atomic E-state index is 0.0208. The Kier molecular flexibility index (Phi) is 1.15. The molecular weight excluding hydrogens is 142 g/mol. The van der Waals surface area contributed by atoms with Gasteiger partial charge >= 0.3 is 0 Å². The molecule has 0 aromatic rings. The molecule has 11 heavy (non-hydrogen) atoms. The van der Waals surface area contributed by atoms with Crippen molar-refractivity contribution in [3.8, 4) is 0 Å². The molecule has 1 unspecified atom stereocenters. The van der Waals surface area contributed by atoms with Crippen molar-refractivity contribution in [2.45, 2.75) is 13.2 Å². The minimum atomic E-state index is -0.0764. The molecule has 1 amide bonds. The van der Waals surface area contributed by atoms with Crippen molar-refractivity contribution in [2.75, 3.05) is 0 Å². The molecule has 58 valence electrons. The van der Waals surface area contributed by atoms with Crippen LogP contribution in [0, 0.1) is 0 Å². The second-order valence-corrected chi connectivity index (χ2v) is 2.60. The number of hydrogen-bond acceptors (Lipinski definition) is 3. The van der Waals surface area contributed by atoms with Gasteiger partial charge in [0.1, 0.15) is 0 Å². The Morgan fingerprint density at radius 2 is 2.45 bits per heavy atom. The highest BCUT2D eigenvalue weighted by Gasteiger charge is 2.26. The van der Waals surface area contributed by atoms with Crippen molar-refractivity contribution in [1.82, 2.24) is 15.5 Å². The van der Waals surface area contributed by atoms with Gasteiger partial charge in [0.15, 0.2) is 6.29 Å². The molecule has 0 aromatic heterocycles. The van der Waals surface area contributed by atoms with E-state index in [1.807, 2.05) is 6.92 Å². The van der Waals surface area contributed by atoms with Gasteiger partial charge in [0.2, 0.25) is 0 Å². The molecule has 0 bridgehead atoms. The lowest BCUT2D eigenvalue weighted by molar-refractivity contribution is -0.126. The average Bonchev–Trinajstić information content (AvgIpc) is 2.34. The first-order chi connectivity index (χ1) is 5.27. The van der Waals surface area contributed by atoms with Crippen LogP contribution in [0.4, 0.5) is 0 Å². The number of nitrogens with one attached hydrogen (secondary N) is 2. The summed E-state index contributed by atoms with van der Waals surface area (Å²) in [6, 6.07) is 0. The predicted octanol–water partition coefficient (Wildman–Crippen LogP) is -0.320. The van der Waals surface area contributed by atoms with Crippen LogP contribution in [0.25, 0.3) is 0 Å². The number of amides is 1. The van der Waals surface area contributed by atoms with Gasteiger partial charge in [-0.05, 0) is 6.92 Å². The summed E-state index contributed by atoms with van der Waals surface area (Å²) >= 11 is 0. The van der Waals surface area contributed by atoms with Gasteiger partial charge in [0.05, 0.1) is 0 Å². The van der Waals surface area contributed by atoms with Crippen LogP contribution >= 0.6 is 0 Å². The van der Waals surface area contributed by atoms with E-state index in [1.165, 1.54) is 0 Å². The van der Waals surface area contributed by atoms with E-state index < -0.39 is 0 Å². The maximum atomic E-state index is 11.2. The third kappa shape index (κ3) is 0.869. The van der Waals surface area contributed by atoms with Crippen LogP contribution < -0.4 is 10.6 Å². The van der Waals surface area contributed by atoms with Gasteiger partial charge in [0, 0.05) is 24.2 Å². The molecule has 0 aromatic carbocycles. The summed E-state index contributed by atoms with van der Waals surface area (Å²) in [5, 5.41) is 6.09. The van der Waals surface area contributed by atoms with Gasteiger partial charge in [-0.2, -0.15) is 0 Å². The van der Waals surface area contributed by atoms with Crippen LogP contribution in [0.3, 0.4) is 0 Å². The smallest absolute Gasteiger partial charge is 0.255 e. The van der Waals surface area contributed by atoms with Crippen LogP contribution in [0.1, 0.15) is 6.92 Å². The molecule has 2 N–H and O–H groups in total. The summed E-state index contributed by atoms with van der Waals surface area (Å²) in [5.41, 5.74) is 0.896. The van der Waals surface area contributed by atoms with Crippen molar-refractivity contribution in [3.63, 3.8) is 0 Å². The summed E-state index contributed by atoms with van der Waals surface area (Å²) < 4.78 is 0. The van der Waals surface area contributed by atoms with Crippen LogP contribution in [0.2, 0.25) is 0 Å². The second kappa shape index (κ2) is 2.02. The Hall–Kier alpha value is -1.45. The van der Waals surface area contributed by atoms with Crippen molar-refractivity contribution < 1.29 is 4.79 Å². The van der Waals surface area contributed by atoms with Crippen LogP contribution in [0.5, 0.6) is 0 Å². The Balaban J connectivity index is 2.28. The lowest BCUT2D eigenvalue weighted by atomic mass is 10.3. The zero-order valence-electron chi connectivity index (χ0n) is 6.16. The number of carbonyl (C=O) groups excluding carboxylic acids is 1. The van der Waals surface area contributed by atoms with Crippen LogP contribution in [-0.2, 0) is 4.79 Å². The third-order valence-electron chi connectivity index (χ3n) is 1.73.